The first-order valence-electron chi connectivity index (χ1n) is 10.4. The molecule has 0 fully saturated rings. The van der Waals surface area contributed by atoms with Crippen LogP contribution >= 0.6 is 0 Å². The zero-order valence-electron chi connectivity index (χ0n) is 17.3. The number of hydrogen-bond donors (Lipinski definition) is 3. The standard InChI is InChI=1S/C23H29FN4O2/c1-2-25-23(27-10-8-17-6-7-21-19(14-17)9-13-30-21)28-12-11-26-22(29)16-18-4-3-5-20(24)15-18/h3-7,14-15H,2,8-13,16H2,1H3,(H,26,29)(H2,25,27,28). The largest absolute Gasteiger partial charge is 0.493 e. The van der Waals surface area contributed by atoms with Gasteiger partial charge in [0.2, 0.25) is 5.91 Å². The second-order valence-corrected chi connectivity index (χ2v) is 7.13. The molecule has 0 radical (unpaired) electrons. The van der Waals surface area contributed by atoms with Crippen molar-refractivity contribution in [1.82, 2.24) is 16.0 Å². The van der Waals surface area contributed by atoms with E-state index in [4.69, 9.17) is 4.74 Å². The number of carbonyl (C=O) groups excluding carboxylic acids is 1. The van der Waals surface area contributed by atoms with Gasteiger partial charge in [0.25, 0.3) is 0 Å². The van der Waals surface area contributed by atoms with Crippen LogP contribution < -0.4 is 20.7 Å². The zero-order valence-corrected chi connectivity index (χ0v) is 17.3. The van der Waals surface area contributed by atoms with Gasteiger partial charge >= 0.3 is 0 Å². The van der Waals surface area contributed by atoms with Crippen LogP contribution in [0.1, 0.15) is 23.6 Å². The molecule has 2 aromatic rings. The molecule has 0 aromatic heterocycles. The maximum absolute atomic E-state index is 13.2. The molecule has 0 saturated carbocycles. The molecule has 6 nitrogen and oxygen atoms in total. The molecule has 1 amide bonds. The number of carbonyl (C=O) groups is 1. The SMILES string of the molecule is CCNC(=NCCc1ccc2c(c1)CCO2)NCCNC(=O)Cc1cccc(F)c1. The number of amides is 1. The number of halogens is 1. The van der Waals surface area contributed by atoms with E-state index in [1.807, 2.05) is 13.0 Å². The number of nitrogens with zero attached hydrogens (tertiary/aromatic N) is 1. The summed E-state index contributed by atoms with van der Waals surface area (Å²) in [5.41, 5.74) is 3.19. The Hall–Kier alpha value is -3.09. The fraction of sp³-hybridized carbons (Fsp3) is 0.391. The highest BCUT2D eigenvalue weighted by atomic mass is 19.1. The monoisotopic (exact) mass is 412 g/mol. The Morgan fingerprint density at radius 1 is 1.10 bits per heavy atom. The van der Waals surface area contributed by atoms with Crippen molar-refractivity contribution in [1.29, 1.82) is 0 Å². The molecule has 0 spiro atoms. The van der Waals surface area contributed by atoms with Crippen molar-refractivity contribution >= 4 is 11.9 Å². The lowest BCUT2D eigenvalue weighted by Crippen LogP contribution is -2.41. The molecule has 2 aromatic carbocycles. The van der Waals surface area contributed by atoms with E-state index >= 15 is 0 Å². The molecule has 1 heterocycles. The maximum atomic E-state index is 13.2. The Kier molecular flexibility index (Phi) is 8.06. The minimum atomic E-state index is -0.332. The Balaban J connectivity index is 1.38. The van der Waals surface area contributed by atoms with Crippen molar-refractivity contribution in [3.05, 3.63) is 65.0 Å². The summed E-state index contributed by atoms with van der Waals surface area (Å²) < 4.78 is 18.7. The normalized spacial score (nSPS) is 12.8. The van der Waals surface area contributed by atoms with Crippen LogP contribution in [0.5, 0.6) is 5.75 Å². The highest BCUT2D eigenvalue weighted by Gasteiger charge is 2.11. The fourth-order valence-electron chi connectivity index (χ4n) is 3.31. The molecule has 1 aliphatic rings. The van der Waals surface area contributed by atoms with E-state index in [9.17, 15) is 9.18 Å². The van der Waals surface area contributed by atoms with Gasteiger partial charge in [-0.2, -0.15) is 0 Å². The second-order valence-electron chi connectivity index (χ2n) is 7.13. The van der Waals surface area contributed by atoms with E-state index in [0.717, 1.165) is 37.7 Å². The zero-order chi connectivity index (χ0) is 21.2. The molecule has 160 valence electrons. The van der Waals surface area contributed by atoms with Gasteiger partial charge in [-0.25, -0.2) is 4.39 Å². The van der Waals surface area contributed by atoms with E-state index in [-0.39, 0.29) is 18.1 Å². The summed E-state index contributed by atoms with van der Waals surface area (Å²) >= 11 is 0. The number of benzene rings is 2. The van der Waals surface area contributed by atoms with Crippen molar-refractivity contribution in [2.45, 2.75) is 26.2 Å². The third-order valence-electron chi connectivity index (χ3n) is 4.76. The quantitative estimate of drug-likeness (QED) is 0.335. The van der Waals surface area contributed by atoms with Crippen molar-refractivity contribution in [3.8, 4) is 5.75 Å². The van der Waals surface area contributed by atoms with Gasteiger partial charge in [-0.15, -0.1) is 0 Å². The van der Waals surface area contributed by atoms with E-state index in [0.29, 0.717) is 25.2 Å². The maximum Gasteiger partial charge on any atom is 0.224 e. The molecule has 1 aliphatic heterocycles. The molecule has 30 heavy (non-hydrogen) atoms. The van der Waals surface area contributed by atoms with Gasteiger partial charge in [0, 0.05) is 32.6 Å². The Bertz CT molecular complexity index is 885. The average molecular weight is 413 g/mol. The molecular weight excluding hydrogens is 383 g/mol. The first kappa shape index (κ1) is 21.6. The predicted octanol–water partition coefficient (Wildman–Crippen LogP) is 2.22. The van der Waals surface area contributed by atoms with E-state index < -0.39 is 0 Å². The number of ether oxygens (including phenoxy) is 1. The van der Waals surface area contributed by atoms with Gasteiger partial charge in [0.05, 0.1) is 13.0 Å². The second kappa shape index (κ2) is 11.2. The first-order chi connectivity index (χ1) is 14.6. The van der Waals surface area contributed by atoms with Crippen LogP contribution in [-0.2, 0) is 24.1 Å². The lowest BCUT2D eigenvalue weighted by molar-refractivity contribution is -0.120. The third-order valence-corrected chi connectivity index (χ3v) is 4.76. The van der Waals surface area contributed by atoms with Crippen LogP contribution in [-0.4, -0.2) is 44.7 Å². The van der Waals surface area contributed by atoms with Crippen molar-refractivity contribution in [3.63, 3.8) is 0 Å². The number of rotatable bonds is 9. The van der Waals surface area contributed by atoms with Crippen LogP contribution in [0.15, 0.2) is 47.5 Å². The number of hydrogen-bond acceptors (Lipinski definition) is 3. The Morgan fingerprint density at radius 2 is 1.97 bits per heavy atom. The fourth-order valence-corrected chi connectivity index (χ4v) is 3.31. The summed E-state index contributed by atoms with van der Waals surface area (Å²) in [6, 6.07) is 12.4. The molecule has 0 bridgehead atoms. The van der Waals surface area contributed by atoms with Gasteiger partial charge in [-0.3, -0.25) is 9.79 Å². The summed E-state index contributed by atoms with van der Waals surface area (Å²) in [5.74, 6) is 1.25. The summed E-state index contributed by atoms with van der Waals surface area (Å²) in [7, 11) is 0. The third kappa shape index (κ3) is 6.76. The number of nitrogens with one attached hydrogen (secondary N) is 3. The van der Waals surface area contributed by atoms with Gasteiger partial charge in [0.15, 0.2) is 5.96 Å². The van der Waals surface area contributed by atoms with Gasteiger partial charge in [0.1, 0.15) is 11.6 Å². The van der Waals surface area contributed by atoms with Gasteiger partial charge in [-0.05, 0) is 48.2 Å². The minimum absolute atomic E-state index is 0.134. The number of guanidine groups is 1. The van der Waals surface area contributed by atoms with Crippen molar-refractivity contribution < 1.29 is 13.9 Å². The van der Waals surface area contributed by atoms with E-state index in [2.05, 4.69) is 33.1 Å². The summed E-state index contributed by atoms with van der Waals surface area (Å²) in [6.45, 7) is 5.22. The molecule has 7 heteroatoms. The molecule has 3 rings (SSSR count). The van der Waals surface area contributed by atoms with Crippen LogP contribution in [0.4, 0.5) is 4.39 Å². The Morgan fingerprint density at radius 3 is 2.80 bits per heavy atom. The average Bonchev–Trinajstić information content (AvgIpc) is 3.19. The Labute approximate surface area is 176 Å². The van der Waals surface area contributed by atoms with Crippen molar-refractivity contribution in [2.75, 3.05) is 32.8 Å². The molecular formula is C23H29FN4O2. The topological polar surface area (TPSA) is 74.8 Å². The summed E-state index contributed by atoms with van der Waals surface area (Å²) in [6.07, 6.45) is 1.99. The van der Waals surface area contributed by atoms with Gasteiger partial charge < -0.3 is 20.7 Å². The van der Waals surface area contributed by atoms with Crippen LogP contribution in [0.25, 0.3) is 0 Å². The summed E-state index contributed by atoms with van der Waals surface area (Å²) in [4.78, 5) is 16.6. The minimum Gasteiger partial charge on any atom is -0.493 e. The molecule has 0 atom stereocenters. The smallest absolute Gasteiger partial charge is 0.224 e. The number of fused-ring (bicyclic) bond motifs is 1. The van der Waals surface area contributed by atoms with Crippen LogP contribution in [0.3, 0.4) is 0 Å². The lowest BCUT2D eigenvalue weighted by atomic mass is 10.1. The number of aliphatic imine (C=N–C) groups is 1. The lowest BCUT2D eigenvalue weighted by Gasteiger charge is -2.12. The predicted molar refractivity (Wildman–Crippen MR) is 116 cm³/mol. The van der Waals surface area contributed by atoms with Crippen LogP contribution in [0, 0.1) is 5.82 Å². The summed E-state index contributed by atoms with van der Waals surface area (Å²) in [5, 5.41) is 9.27. The highest BCUT2D eigenvalue weighted by Crippen LogP contribution is 2.25. The van der Waals surface area contributed by atoms with Crippen LogP contribution in [0.2, 0.25) is 0 Å². The van der Waals surface area contributed by atoms with E-state index in [1.165, 1.54) is 23.3 Å². The molecule has 0 saturated heterocycles. The van der Waals surface area contributed by atoms with Gasteiger partial charge in [-0.1, -0.05) is 24.3 Å². The highest BCUT2D eigenvalue weighted by molar-refractivity contribution is 5.80. The molecule has 0 unspecified atom stereocenters. The van der Waals surface area contributed by atoms with E-state index in [1.54, 1.807) is 12.1 Å². The molecule has 3 N–H and O–H groups in total. The van der Waals surface area contributed by atoms with Crippen molar-refractivity contribution in [2.24, 2.45) is 4.99 Å². The first-order valence-corrected chi connectivity index (χ1v) is 10.4. The molecule has 0 aliphatic carbocycles.